The molecular formula is C14H20N4O4. The molecule has 2 saturated heterocycles. The molecule has 1 atom stereocenters. The fourth-order valence-corrected chi connectivity index (χ4v) is 3.28. The molecular weight excluding hydrogens is 288 g/mol. The van der Waals surface area contributed by atoms with Gasteiger partial charge in [-0.1, -0.05) is 0 Å². The first-order chi connectivity index (χ1) is 10.5. The van der Waals surface area contributed by atoms with E-state index >= 15 is 0 Å². The number of aromatic nitrogens is 2. The molecule has 1 amide bonds. The Morgan fingerprint density at radius 2 is 2.36 bits per heavy atom. The number of likely N-dealkylation sites (N-methyl/N-ethyl adjacent to an activating group) is 1. The number of carbonyl (C=O) groups is 2. The minimum Gasteiger partial charge on any atom is -0.464 e. The molecule has 0 saturated carbocycles. The van der Waals surface area contributed by atoms with Crippen LogP contribution in [0.3, 0.4) is 0 Å². The summed E-state index contributed by atoms with van der Waals surface area (Å²) in [6.07, 6.45) is 3.20. The Bertz CT molecular complexity index is 587. The summed E-state index contributed by atoms with van der Waals surface area (Å²) in [4.78, 5) is 27.1. The Morgan fingerprint density at radius 1 is 1.55 bits per heavy atom. The number of likely N-dealkylation sites (tertiary alicyclic amines) is 1. The van der Waals surface area contributed by atoms with E-state index in [-0.39, 0.29) is 6.09 Å². The van der Waals surface area contributed by atoms with Crippen molar-refractivity contribution in [1.82, 2.24) is 20.0 Å². The Morgan fingerprint density at radius 3 is 3.05 bits per heavy atom. The summed E-state index contributed by atoms with van der Waals surface area (Å²) >= 11 is 0. The number of methoxy groups -OCH3 is 1. The van der Waals surface area contributed by atoms with Gasteiger partial charge in [0.05, 0.1) is 19.9 Å². The molecule has 0 bridgehead atoms. The predicted octanol–water partition coefficient (Wildman–Crippen LogP) is 0.613. The van der Waals surface area contributed by atoms with E-state index in [1.807, 2.05) is 0 Å². The molecule has 0 unspecified atom stereocenters. The smallest absolute Gasteiger partial charge is 0.410 e. The van der Waals surface area contributed by atoms with Crippen LogP contribution in [-0.4, -0.2) is 71.5 Å². The van der Waals surface area contributed by atoms with E-state index in [2.05, 4.69) is 15.1 Å². The van der Waals surface area contributed by atoms with Gasteiger partial charge in [0.2, 0.25) is 0 Å². The third-order valence-corrected chi connectivity index (χ3v) is 4.26. The zero-order valence-electron chi connectivity index (χ0n) is 12.8. The van der Waals surface area contributed by atoms with Crippen molar-refractivity contribution in [3.05, 3.63) is 17.5 Å². The van der Waals surface area contributed by atoms with Gasteiger partial charge < -0.3 is 14.4 Å². The van der Waals surface area contributed by atoms with Gasteiger partial charge in [-0.25, -0.2) is 9.59 Å². The molecule has 1 aromatic heterocycles. The highest BCUT2D eigenvalue weighted by Gasteiger charge is 2.46. The predicted molar refractivity (Wildman–Crippen MR) is 76.3 cm³/mol. The van der Waals surface area contributed by atoms with Crippen LogP contribution in [0.1, 0.15) is 28.9 Å². The second-order valence-corrected chi connectivity index (χ2v) is 5.98. The molecule has 0 radical (unpaired) electrons. The Kier molecular flexibility index (Phi) is 3.78. The van der Waals surface area contributed by atoms with E-state index in [1.54, 1.807) is 18.1 Å². The summed E-state index contributed by atoms with van der Waals surface area (Å²) in [5.41, 5.74) is 0.739. The van der Waals surface area contributed by atoms with Crippen molar-refractivity contribution < 1.29 is 19.1 Å². The van der Waals surface area contributed by atoms with Crippen LogP contribution >= 0.6 is 0 Å². The van der Waals surface area contributed by atoms with Gasteiger partial charge in [0.15, 0.2) is 0 Å². The fourth-order valence-electron chi connectivity index (χ4n) is 3.28. The number of nitrogens with zero attached hydrogens (tertiary/aromatic N) is 3. The number of hydrogen-bond donors (Lipinski definition) is 1. The quantitative estimate of drug-likeness (QED) is 0.823. The van der Waals surface area contributed by atoms with Crippen LogP contribution in [-0.2, 0) is 16.0 Å². The number of carbonyl (C=O) groups excluding carboxylic acids is 2. The van der Waals surface area contributed by atoms with Crippen molar-refractivity contribution in [1.29, 1.82) is 0 Å². The second kappa shape index (κ2) is 5.60. The number of esters is 1. The molecule has 2 aliphatic rings. The fraction of sp³-hybridized carbons (Fsp3) is 0.643. The zero-order chi connectivity index (χ0) is 15.7. The SMILES string of the molecule is COC(=O)c1[nH]ncc1CN1CCC[C@@]2(C1)CN(C)C(=O)O2. The number of hydrogen-bond acceptors (Lipinski definition) is 6. The van der Waals surface area contributed by atoms with Crippen molar-refractivity contribution in [2.75, 3.05) is 33.8 Å². The first-order valence-electron chi connectivity index (χ1n) is 7.30. The van der Waals surface area contributed by atoms with E-state index in [0.717, 1.165) is 24.9 Å². The van der Waals surface area contributed by atoms with E-state index in [9.17, 15) is 9.59 Å². The molecule has 1 spiro atoms. The molecule has 1 N–H and O–H groups in total. The number of H-pyrrole nitrogens is 1. The first-order valence-corrected chi connectivity index (χ1v) is 7.30. The summed E-state index contributed by atoms with van der Waals surface area (Å²) in [6.45, 7) is 2.74. The molecule has 2 fully saturated rings. The summed E-state index contributed by atoms with van der Waals surface area (Å²) < 4.78 is 10.3. The maximum Gasteiger partial charge on any atom is 0.410 e. The monoisotopic (exact) mass is 308 g/mol. The van der Waals surface area contributed by atoms with Crippen LogP contribution < -0.4 is 0 Å². The standard InChI is InChI=1S/C14H20N4O4/c1-17-8-14(22-13(17)20)4-3-5-18(9-14)7-10-6-15-16-11(10)12(19)21-2/h6H,3-5,7-9H2,1-2H3,(H,15,16)/t14-/m0/s1. The molecule has 3 rings (SSSR count). The van der Waals surface area contributed by atoms with E-state index < -0.39 is 11.6 Å². The van der Waals surface area contributed by atoms with Crippen LogP contribution in [0.5, 0.6) is 0 Å². The number of amides is 1. The maximum atomic E-state index is 11.7. The van der Waals surface area contributed by atoms with Crippen molar-refractivity contribution in [3.63, 3.8) is 0 Å². The van der Waals surface area contributed by atoms with Crippen LogP contribution in [0.25, 0.3) is 0 Å². The highest BCUT2D eigenvalue weighted by molar-refractivity contribution is 5.88. The number of aromatic amines is 1. The average Bonchev–Trinajstić information content (AvgIpc) is 3.04. The highest BCUT2D eigenvalue weighted by atomic mass is 16.6. The molecule has 0 aliphatic carbocycles. The normalized spacial score (nSPS) is 25.5. The molecule has 0 aromatic carbocycles. The lowest BCUT2D eigenvalue weighted by atomic mass is 9.92. The number of nitrogens with one attached hydrogen (secondary N) is 1. The topological polar surface area (TPSA) is 87.8 Å². The van der Waals surface area contributed by atoms with Gasteiger partial charge in [-0.2, -0.15) is 5.10 Å². The van der Waals surface area contributed by atoms with Crippen LogP contribution in [0.4, 0.5) is 4.79 Å². The minimum atomic E-state index is -0.431. The maximum absolute atomic E-state index is 11.7. The van der Waals surface area contributed by atoms with Gasteiger partial charge in [0.1, 0.15) is 11.3 Å². The molecule has 2 aliphatic heterocycles. The summed E-state index contributed by atoms with van der Waals surface area (Å²) in [5, 5.41) is 6.60. The molecule has 1 aromatic rings. The van der Waals surface area contributed by atoms with Crippen molar-refractivity contribution in [2.24, 2.45) is 0 Å². The van der Waals surface area contributed by atoms with Gasteiger partial charge in [-0.15, -0.1) is 0 Å². The molecule has 8 nitrogen and oxygen atoms in total. The van der Waals surface area contributed by atoms with Gasteiger partial charge in [-0.05, 0) is 19.4 Å². The minimum absolute atomic E-state index is 0.264. The van der Waals surface area contributed by atoms with E-state index in [4.69, 9.17) is 9.47 Å². The van der Waals surface area contributed by atoms with Crippen LogP contribution in [0, 0.1) is 0 Å². The molecule has 8 heteroatoms. The number of piperidine rings is 1. The van der Waals surface area contributed by atoms with Crippen LogP contribution in [0.15, 0.2) is 6.20 Å². The zero-order valence-corrected chi connectivity index (χ0v) is 12.8. The van der Waals surface area contributed by atoms with Crippen molar-refractivity contribution in [3.8, 4) is 0 Å². The van der Waals surface area contributed by atoms with E-state index in [1.165, 1.54) is 7.11 Å². The number of rotatable bonds is 3. The van der Waals surface area contributed by atoms with Gasteiger partial charge in [0, 0.05) is 25.7 Å². The molecule has 22 heavy (non-hydrogen) atoms. The lowest BCUT2D eigenvalue weighted by Gasteiger charge is -2.38. The lowest BCUT2D eigenvalue weighted by molar-refractivity contribution is -0.0114. The first kappa shape index (κ1) is 14.8. The lowest BCUT2D eigenvalue weighted by Crippen LogP contribution is -2.50. The van der Waals surface area contributed by atoms with Gasteiger partial charge in [-0.3, -0.25) is 10.00 Å². The van der Waals surface area contributed by atoms with E-state index in [0.29, 0.717) is 25.3 Å². The Hall–Kier alpha value is -2.09. The number of ether oxygens (including phenoxy) is 2. The average molecular weight is 308 g/mol. The van der Waals surface area contributed by atoms with Crippen molar-refractivity contribution in [2.45, 2.75) is 25.0 Å². The third-order valence-electron chi connectivity index (χ3n) is 4.26. The summed E-state index contributed by atoms with van der Waals surface area (Å²) in [6, 6.07) is 0. The highest BCUT2D eigenvalue weighted by Crippen LogP contribution is 2.32. The van der Waals surface area contributed by atoms with Gasteiger partial charge >= 0.3 is 12.1 Å². The second-order valence-electron chi connectivity index (χ2n) is 5.98. The largest absolute Gasteiger partial charge is 0.464 e. The van der Waals surface area contributed by atoms with Crippen LogP contribution in [0.2, 0.25) is 0 Å². The molecule has 120 valence electrons. The van der Waals surface area contributed by atoms with Crippen molar-refractivity contribution >= 4 is 12.1 Å². The Balaban J connectivity index is 1.70. The Labute approximate surface area is 128 Å². The third kappa shape index (κ3) is 2.66. The van der Waals surface area contributed by atoms with Gasteiger partial charge in [0.25, 0.3) is 0 Å². The molecule has 3 heterocycles. The summed E-state index contributed by atoms with van der Waals surface area (Å²) in [7, 11) is 3.10. The summed E-state index contributed by atoms with van der Waals surface area (Å²) in [5.74, 6) is -0.425.